The highest BCUT2D eigenvalue weighted by atomic mass is 16.5. The van der Waals surface area contributed by atoms with Gasteiger partial charge in [0.25, 0.3) is 0 Å². The van der Waals surface area contributed by atoms with Gasteiger partial charge in [-0.15, -0.1) is 0 Å². The highest BCUT2D eigenvalue weighted by molar-refractivity contribution is 5.75. The first-order chi connectivity index (χ1) is 6.63. The summed E-state index contributed by atoms with van der Waals surface area (Å²) in [5.74, 6) is 0.340. The molecule has 76 valence electrons. The Kier molecular flexibility index (Phi) is 3.28. The zero-order valence-corrected chi connectivity index (χ0v) is 8.23. The highest BCUT2D eigenvalue weighted by Crippen LogP contribution is 2.11. The number of aromatic nitrogens is 1. The molecule has 0 aliphatic heterocycles. The molecule has 0 spiro atoms. The quantitative estimate of drug-likeness (QED) is 0.701. The molecule has 0 unspecified atom stereocenters. The average Bonchev–Trinajstić information content (AvgIpc) is 2.17. The van der Waals surface area contributed by atoms with E-state index < -0.39 is 0 Å². The fourth-order valence-electron chi connectivity index (χ4n) is 0.982. The normalized spacial score (nSPS) is 9.57. The first kappa shape index (κ1) is 10.3. The average molecular weight is 195 g/mol. The lowest BCUT2D eigenvalue weighted by Crippen LogP contribution is -2.27. The van der Waals surface area contributed by atoms with E-state index in [9.17, 15) is 4.79 Å². The Morgan fingerprint density at radius 3 is 3.00 bits per heavy atom. The lowest BCUT2D eigenvalue weighted by molar-refractivity contribution is -0.138. The molecule has 0 fully saturated rings. The van der Waals surface area contributed by atoms with E-state index in [1.807, 2.05) is 0 Å². The van der Waals surface area contributed by atoms with Gasteiger partial charge in [-0.25, -0.2) is 4.98 Å². The molecule has 2 N–H and O–H groups in total. The molecule has 0 atom stereocenters. The second-order valence-electron chi connectivity index (χ2n) is 2.88. The van der Waals surface area contributed by atoms with E-state index in [-0.39, 0.29) is 12.5 Å². The van der Waals surface area contributed by atoms with Crippen molar-refractivity contribution >= 4 is 17.5 Å². The van der Waals surface area contributed by atoms with Crippen LogP contribution in [0, 0.1) is 0 Å². The van der Waals surface area contributed by atoms with Gasteiger partial charge in [-0.3, -0.25) is 4.79 Å². The molecule has 0 amide bonds. The summed E-state index contributed by atoms with van der Waals surface area (Å²) < 4.78 is 4.53. The highest BCUT2D eigenvalue weighted by Gasteiger charge is 2.07. The molecule has 14 heavy (non-hydrogen) atoms. The van der Waals surface area contributed by atoms with Gasteiger partial charge in [0.1, 0.15) is 12.4 Å². The molecule has 0 aliphatic carbocycles. The Bertz CT molecular complexity index is 328. The van der Waals surface area contributed by atoms with E-state index in [1.165, 1.54) is 7.11 Å². The van der Waals surface area contributed by atoms with Crippen molar-refractivity contribution in [3.8, 4) is 0 Å². The molecule has 1 rings (SSSR count). The van der Waals surface area contributed by atoms with Crippen LogP contribution >= 0.6 is 0 Å². The number of methoxy groups -OCH3 is 1. The van der Waals surface area contributed by atoms with Gasteiger partial charge in [0.05, 0.1) is 7.11 Å². The molecule has 0 saturated carbocycles. The number of carbonyl (C=O) groups excluding carboxylic acids is 1. The second kappa shape index (κ2) is 4.45. The number of nitrogen functional groups attached to an aromatic ring is 1. The van der Waals surface area contributed by atoms with E-state index in [2.05, 4.69) is 9.72 Å². The summed E-state index contributed by atoms with van der Waals surface area (Å²) in [6.07, 6.45) is 1.60. The van der Waals surface area contributed by atoms with Crippen LogP contribution in [0.25, 0.3) is 0 Å². The van der Waals surface area contributed by atoms with Crippen LogP contribution in [0.1, 0.15) is 0 Å². The van der Waals surface area contributed by atoms with Crippen molar-refractivity contribution in [1.29, 1.82) is 0 Å². The number of carbonyl (C=O) groups is 1. The fraction of sp³-hybridized carbons (Fsp3) is 0.333. The molecule has 0 aliphatic rings. The third kappa shape index (κ3) is 2.62. The maximum Gasteiger partial charge on any atom is 0.325 e. The molecule has 1 heterocycles. The summed E-state index contributed by atoms with van der Waals surface area (Å²) in [6.45, 7) is 0.160. The zero-order chi connectivity index (χ0) is 10.6. The van der Waals surface area contributed by atoms with Crippen LogP contribution in [0.5, 0.6) is 0 Å². The molecular weight excluding hydrogens is 182 g/mol. The van der Waals surface area contributed by atoms with Crippen LogP contribution in [0.2, 0.25) is 0 Å². The van der Waals surface area contributed by atoms with Crippen molar-refractivity contribution in [3.63, 3.8) is 0 Å². The number of hydrogen-bond acceptors (Lipinski definition) is 5. The topological polar surface area (TPSA) is 68.5 Å². The van der Waals surface area contributed by atoms with Gasteiger partial charge in [-0.1, -0.05) is 0 Å². The van der Waals surface area contributed by atoms with Crippen molar-refractivity contribution in [1.82, 2.24) is 4.98 Å². The molecule has 0 bridgehead atoms. The first-order valence-corrected chi connectivity index (χ1v) is 4.13. The molecule has 5 nitrogen and oxygen atoms in total. The number of esters is 1. The number of pyridine rings is 1. The molecule has 0 aromatic carbocycles. The zero-order valence-electron chi connectivity index (χ0n) is 8.23. The number of nitrogens with zero attached hydrogens (tertiary/aromatic N) is 2. The lowest BCUT2D eigenvalue weighted by atomic mass is 10.4. The fourth-order valence-corrected chi connectivity index (χ4v) is 0.982. The molecule has 0 radical (unpaired) electrons. The van der Waals surface area contributed by atoms with Crippen molar-refractivity contribution in [2.45, 2.75) is 0 Å². The third-order valence-electron chi connectivity index (χ3n) is 1.75. The van der Waals surface area contributed by atoms with Gasteiger partial charge in [0.2, 0.25) is 0 Å². The van der Waals surface area contributed by atoms with Crippen molar-refractivity contribution in [3.05, 3.63) is 18.3 Å². The minimum atomic E-state index is -0.309. The van der Waals surface area contributed by atoms with E-state index in [0.29, 0.717) is 11.5 Å². The van der Waals surface area contributed by atoms with E-state index in [0.717, 1.165) is 0 Å². The van der Waals surface area contributed by atoms with Crippen molar-refractivity contribution in [2.75, 3.05) is 31.3 Å². The largest absolute Gasteiger partial charge is 0.468 e. The first-order valence-electron chi connectivity index (χ1n) is 4.13. The Labute approximate surface area is 82.5 Å². The molecule has 0 saturated heterocycles. The summed E-state index contributed by atoms with van der Waals surface area (Å²) >= 11 is 0. The maximum atomic E-state index is 11.0. The molecule has 5 heteroatoms. The molecule has 1 aromatic heterocycles. The Hall–Kier alpha value is -1.78. The third-order valence-corrected chi connectivity index (χ3v) is 1.75. The standard InChI is InChI=1S/C9H13N3O2/c1-12(6-9(13)14-2)8-5-7(10)3-4-11-8/h3-5H,6H2,1-2H3,(H2,10,11). The second-order valence-corrected chi connectivity index (χ2v) is 2.88. The summed E-state index contributed by atoms with van der Waals surface area (Å²) in [6, 6.07) is 3.39. The van der Waals surface area contributed by atoms with Gasteiger partial charge in [-0.05, 0) is 6.07 Å². The van der Waals surface area contributed by atoms with Gasteiger partial charge >= 0.3 is 5.97 Å². The monoisotopic (exact) mass is 195 g/mol. The minimum Gasteiger partial charge on any atom is -0.468 e. The van der Waals surface area contributed by atoms with E-state index in [4.69, 9.17) is 5.73 Å². The number of anilines is 2. The van der Waals surface area contributed by atoms with Gasteiger partial charge in [-0.2, -0.15) is 0 Å². The Balaban J connectivity index is 2.69. The van der Waals surface area contributed by atoms with Crippen LogP contribution in [-0.4, -0.2) is 31.7 Å². The SMILES string of the molecule is COC(=O)CN(C)c1cc(N)ccn1. The van der Waals surface area contributed by atoms with Crippen LogP contribution < -0.4 is 10.6 Å². The van der Waals surface area contributed by atoms with Gasteiger partial charge in [0, 0.05) is 25.0 Å². The number of likely N-dealkylation sites (N-methyl/N-ethyl adjacent to an activating group) is 1. The maximum absolute atomic E-state index is 11.0. The van der Waals surface area contributed by atoms with E-state index in [1.54, 1.807) is 30.3 Å². The van der Waals surface area contributed by atoms with Crippen LogP contribution in [-0.2, 0) is 9.53 Å². The van der Waals surface area contributed by atoms with Gasteiger partial charge in [0.15, 0.2) is 0 Å². The van der Waals surface area contributed by atoms with Gasteiger partial charge < -0.3 is 15.4 Å². The van der Waals surface area contributed by atoms with Crippen LogP contribution in [0.3, 0.4) is 0 Å². The minimum absolute atomic E-state index is 0.160. The van der Waals surface area contributed by atoms with E-state index >= 15 is 0 Å². The lowest BCUT2D eigenvalue weighted by Gasteiger charge is -2.16. The number of nitrogens with two attached hydrogens (primary N) is 1. The van der Waals surface area contributed by atoms with Crippen LogP contribution in [0.15, 0.2) is 18.3 Å². The smallest absolute Gasteiger partial charge is 0.325 e. The number of rotatable bonds is 3. The Morgan fingerprint density at radius 1 is 1.71 bits per heavy atom. The van der Waals surface area contributed by atoms with Crippen molar-refractivity contribution < 1.29 is 9.53 Å². The summed E-state index contributed by atoms with van der Waals surface area (Å²) in [5.41, 5.74) is 6.19. The molecular formula is C9H13N3O2. The predicted octanol–water partition coefficient (Wildman–Crippen LogP) is 0.273. The number of hydrogen-bond donors (Lipinski definition) is 1. The molecule has 1 aromatic rings. The summed E-state index contributed by atoms with van der Waals surface area (Å²) in [5, 5.41) is 0. The van der Waals surface area contributed by atoms with Crippen molar-refractivity contribution in [2.24, 2.45) is 0 Å². The summed E-state index contributed by atoms with van der Waals surface area (Å²) in [4.78, 5) is 16.7. The summed E-state index contributed by atoms with van der Waals surface area (Å²) in [7, 11) is 3.10. The Morgan fingerprint density at radius 2 is 2.43 bits per heavy atom. The van der Waals surface area contributed by atoms with Crippen LogP contribution in [0.4, 0.5) is 11.5 Å². The number of ether oxygens (including phenoxy) is 1. The predicted molar refractivity (Wildman–Crippen MR) is 53.9 cm³/mol.